The highest BCUT2D eigenvalue weighted by Crippen LogP contribution is 2.67. The molecule has 0 radical (unpaired) electrons. The van der Waals surface area contributed by atoms with Crippen LogP contribution in [0.15, 0.2) is 16.8 Å². The molecule has 1 amide bonds. The van der Waals surface area contributed by atoms with E-state index in [0.29, 0.717) is 43.6 Å². The number of oxime groups is 1. The zero-order valence-corrected chi connectivity index (χ0v) is 26.0. The predicted molar refractivity (Wildman–Crippen MR) is 158 cm³/mol. The summed E-state index contributed by atoms with van der Waals surface area (Å²) in [5.41, 5.74) is 0.437. The van der Waals surface area contributed by atoms with Gasteiger partial charge in [0.1, 0.15) is 5.60 Å². The van der Waals surface area contributed by atoms with Gasteiger partial charge >= 0.3 is 5.97 Å². The molecule has 5 aliphatic rings. The highest BCUT2D eigenvalue weighted by atomic mass is 16.6. The summed E-state index contributed by atoms with van der Waals surface area (Å²) in [4.78, 5) is 42.2. The molecule has 1 aliphatic heterocycles. The maximum atomic E-state index is 12.7. The number of ether oxygens (including phenoxy) is 1. The zero-order chi connectivity index (χ0) is 30.5. The summed E-state index contributed by atoms with van der Waals surface area (Å²) >= 11 is 0. The second-order valence-corrected chi connectivity index (χ2v) is 14.9. The molecule has 42 heavy (non-hydrogen) atoms. The Labute approximate surface area is 249 Å². The van der Waals surface area contributed by atoms with Gasteiger partial charge in [-0.2, -0.15) is 0 Å². The number of ketones is 1. The number of amides is 1. The first-order valence-electron chi connectivity index (χ1n) is 16.0. The van der Waals surface area contributed by atoms with Gasteiger partial charge in [0.25, 0.3) is 5.91 Å². The number of nitrogens with zero attached hydrogens (tertiary/aromatic N) is 1. The van der Waals surface area contributed by atoms with E-state index in [-0.39, 0.29) is 47.1 Å². The molecule has 4 fully saturated rings. The van der Waals surface area contributed by atoms with Crippen LogP contribution in [0.4, 0.5) is 0 Å². The number of hydrogen-bond donors (Lipinski definition) is 3. The van der Waals surface area contributed by atoms with Crippen LogP contribution in [0.1, 0.15) is 105 Å². The van der Waals surface area contributed by atoms with Gasteiger partial charge in [-0.1, -0.05) is 24.6 Å². The van der Waals surface area contributed by atoms with E-state index in [1.165, 1.54) is 5.57 Å². The van der Waals surface area contributed by atoms with Crippen molar-refractivity contribution in [1.82, 2.24) is 5.32 Å². The number of allylic oxidation sites excluding steroid dienone is 2. The van der Waals surface area contributed by atoms with E-state index < -0.39 is 17.6 Å². The Bertz CT molecular complexity index is 1160. The molecule has 234 valence electrons. The Morgan fingerprint density at radius 3 is 2.50 bits per heavy atom. The Kier molecular flexibility index (Phi) is 8.42. The number of hydrogen-bond acceptors (Lipinski definition) is 7. The van der Waals surface area contributed by atoms with Crippen LogP contribution in [0.2, 0.25) is 0 Å². The molecule has 0 aromatic heterocycles. The van der Waals surface area contributed by atoms with Gasteiger partial charge in [0, 0.05) is 18.1 Å². The van der Waals surface area contributed by atoms with Crippen LogP contribution < -0.4 is 5.32 Å². The van der Waals surface area contributed by atoms with Gasteiger partial charge in [-0.3, -0.25) is 14.4 Å². The largest absolute Gasteiger partial charge is 0.481 e. The lowest BCUT2D eigenvalue weighted by molar-refractivity contribution is -0.159. The molecule has 1 heterocycles. The monoisotopic (exact) mass is 586 g/mol. The van der Waals surface area contributed by atoms with E-state index in [0.717, 1.165) is 50.7 Å². The predicted octanol–water partition coefficient (Wildman–Crippen LogP) is 4.81. The van der Waals surface area contributed by atoms with Crippen LogP contribution in [-0.4, -0.2) is 64.0 Å². The van der Waals surface area contributed by atoms with Crippen LogP contribution in [0.3, 0.4) is 0 Å². The molecule has 8 atom stereocenters. The molecular formula is C33H50N2O7. The average Bonchev–Trinajstić information content (AvgIpc) is 3.19. The molecule has 0 bridgehead atoms. The van der Waals surface area contributed by atoms with Crippen LogP contribution >= 0.6 is 0 Å². The van der Waals surface area contributed by atoms with Crippen LogP contribution in [0.5, 0.6) is 0 Å². The lowest BCUT2D eigenvalue weighted by Gasteiger charge is -2.59. The van der Waals surface area contributed by atoms with Crippen molar-refractivity contribution in [3.05, 3.63) is 11.6 Å². The summed E-state index contributed by atoms with van der Waals surface area (Å²) in [6, 6.07) is -0.481. The third kappa shape index (κ3) is 5.56. The molecule has 4 aliphatic carbocycles. The number of fused-ring (bicyclic) bond motifs is 5. The van der Waals surface area contributed by atoms with Gasteiger partial charge in [-0.15, -0.1) is 0 Å². The van der Waals surface area contributed by atoms with Crippen molar-refractivity contribution in [2.75, 3.05) is 13.2 Å². The minimum atomic E-state index is -1.19. The Morgan fingerprint density at radius 1 is 1.07 bits per heavy atom. The first kappa shape index (κ1) is 31.2. The molecule has 0 aromatic carbocycles. The molecule has 3 saturated carbocycles. The number of carboxylic acids is 1. The van der Waals surface area contributed by atoms with Gasteiger partial charge in [0.05, 0.1) is 17.7 Å². The molecule has 5 rings (SSSR count). The number of rotatable bonds is 8. The number of carboxylic acid groups (broad SMARTS) is 1. The van der Waals surface area contributed by atoms with Crippen molar-refractivity contribution in [3.63, 3.8) is 0 Å². The van der Waals surface area contributed by atoms with Crippen LogP contribution in [-0.2, 0) is 24.0 Å². The smallest absolute Gasteiger partial charge is 0.305 e. The van der Waals surface area contributed by atoms with Gasteiger partial charge < -0.3 is 25.1 Å². The maximum absolute atomic E-state index is 12.7. The number of carbonyl (C=O) groups excluding carboxylic acids is 2. The van der Waals surface area contributed by atoms with Crippen molar-refractivity contribution >= 4 is 23.4 Å². The Morgan fingerprint density at radius 2 is 1.81 bits per heavy atom. The van der Waals surface area contributed by atoms with E-state index in [4.69, 9.17) is 9.57 Å². The van der Waals surface area contributed by atoms with E-state index >= 15 is 0 Å². The van der Waals surface area contributed by atoms with E-state index in [1.807, 2.05) is 13.8 Å². The molecular weight excluding hydrogens is 536 g/mol. The Balaban J connectivity index is 1.20. The van der Waals surface area contributed by atoms with E-state index in [9.17, 15) is 24.6 Å². The standard InChI is InChI=1S/C33H50N2O7/c1-20(36)33(40)14-10-26-24-7-6-22-16-23(8-12-31(22,4)25(24)9-13-32(26,33)5)35-42-19-28(37)34-27(17-29(38)39)21-11-15-41-30(2,3)18-21/h16,21,24-27,40H,6-15,17-19H2,1-5H3,(H,34,37)(H,38,39)/b35-23-/t21-,24-,25+,26+,27-,31+,32+,33+/m1/s1. The minimum absolute atomic E-state index is 0.0224. The topological polar surface area (TPSA) is 135 Å². The average molecular weight is 587 g/mol. The molecule has 9 heteroatoms. The SMILES string of the molecule is CC(=O)[C@@]1(O)CC[C@H]2[C@@H]3CCC4=C/C(=N\OCC(=O)N[C@H](CC(=O)O)[C@@H]5CCOC(C)(C)C5)CC[C@]4(C)[C@H]3CC[C@@]21C. The fraction of sp³-hybridized carbons (Fsp3) is 0.818. The summed E-state index contributed by atoms with van der Waals surface area (Å²) < 4.78 is 5.77. The fourth-order valence-corrected chi connectivity index (χ4v) is 9.81. The normalized spacial score (nSPS) is 40.6. The summed E-state index contributed by atoms with van der Waals surface area (Å²) in [7, 11) is 0. The van der Waals surface area contributed by atoms with Crippen molar-refractivity contribution in [2.24, 2.45) is 39.7 Å². The maximum Gasteiger partial charge on any atom is 0.305 e. The van der Waals surface area contributed by atoms with Crippen molar-refractivity contribution < 1.29 is 34.2 Å². The van der Waals surface area contributed by atoms with Crippen molar-refractivity contribution in [1.29, 1.82) is 0 Å². The highest BCUT2D eigenvalue weighted by Gasteiger charge is 2.65. The van der Waals surface area contributed by atoms with Crippen LogP contribution in [0, 0.1) is 34.5 Å². The lowest BCUT2D eigenvalue weighted by Crippen LogP contribution is -2.57. The van der Waals surface area contributed by atoms with Gasteiger partial charge in [0.15, 0.2) is 12.4 Å². The third-order valence-corrected chi connectivity index (χ3v) is 12.1. The molecule has 1 saturated heterocycles. The molecule has 0 unspecified atom stereocenters. The fourth-order valence-electron chi connectivity index (χ4n) is 9.81. The highest BCUT2D eigenvalue weighted by molar-refractivity contribution is 5.96. The minimum Gasteiger partial charge on any atom is -0.481 e. The van der Waals surface area contributed by atoms with Gasteiger partial charge in [-0.05, 0) is 120 Å². The number of aliphatic carboxylic acids is 1. The second-order valence-electron chi connectivity index (χ2n) is 14.9. The van der Waals surface area contributed by atoms with E-state index in [1.54, 1.807) is 6.92 Å². The number of Topliss-reactive ketones (excluding diaryl/α,β-unsaturated/α-hetero) is 1. The summed E-state index contributed by atoms with van der Waals surface area (Å²) in [5, 5.41) is 28.0. The summed E-state index contributed by atoms with van der Waals surface area (Å²) in [6.45, 7) is 10.4. The van der Waals surface area contributed by atoms with Crippen molar-refractivity contribution in [2.45, 2.75) is 122 Å². The first-order chi connectivity index (χ1) is 19.7. The molecule has 0 spiro atoms. The van der Waals surface area contributed by atoms with Crippen molar-refractivity contribution in [3.8, 4) is 0 Å². The zero-order valence-electron chi connectivity index (χ0n) is 26.0. The van der Waals surface area contributed by atoms with E-state index in [2.05, 4.69) is 30.4 Å². The Hall–Kier alpha value is -2.26. The molecule has 3 N–H and O–H groups in total. The number of aliphatic hydroxyl groups is 1. The second kappa shape index (κ2) is 11.3. The number of carbonyl (C=O) groups is 3. The lowest BCUT2D eigenvalue weighted by atomic mass is 9.46. The third-order valence-electron chi connectivity index (χ3n) is 12.1. The quantitative estimate of drug-likeness (QED) is 0.348. The number of nitrogens with one attached hydrogen (secondary N) is 1. The summed E-state index contributed by atoms with van der Waals surface area (Å²) in [6.07, 6.45) is 10.6. The first-order valence-corrected chi connectivity index (χ1v) is 16.0. The molecule has 9 nitrogen and oxygen atoms in total. The molecule has 0 aromatic rings. The van der Waals surface area contributed by atoms with Crippen LogP contribution in [0.25, 0.3) is 0 Å². The van der Waals surface area contributed by atoms with Gasteiger partial charge in [0.2, 0.25) is 0 Å². The van der Waals surface area contributed by atoms with Gasteiger partial charge in [-0.25, -0.2) is 0 Å². The summed E-state index contributed by atoms with van der Waals surface area (Å²) in [5.74, 6) is 0.0492.